The predicted molar refractivity (Wildman–Crippen MR) is 254 cm³/mol. The van der Waals surface area contributed by atoms with Crippen molar-refractivity contribution in [2.75, 3.05) is 6.54 Å². The number of hydrogen-bond acceptors (Lipinski definition) is 12. The molecular formula is C48H73N11O8. The van der Waals surface area contributed by atoms with E-state index in [1.165, 1.54) is 0 Å². The number of carbonyl (C=O) groups is 7. The highest BCUT2D eigenvalue weighted by molar-refractivity contribution is 6.10. The fourth-order valence-electron chi connectivity index (χ4n) is 12.3. The third-order valence-electron chi connectivity index (χ3n) is 16.1. The van der Waals surface area contributed by atoms with Crippen LogP contribution in [0.3, 0.4) is 0 Å². The monoisotopic (exact) mass is 932 g/mol. The number of hydrogen-bond donors (Lipinski definition) is 9. The Morgan fingerprint density at radius 3 is 1.81 bits per heavy atom. The van der Waals surface area contributed by atoms with Gasteiger partial charge in [0.25, 0.3) is 0 Å². The van der Waals surface area contributed by atoms with Gasteiger partial charge >= 0.3 is 0 Å². The Morgan fingerprint density at radius 2 is 1.28 bits per heavy atom. The number of carbonyl (C=O) groups excluding carboxylic acids is 7. The summed E-state index contributed by atoms with van der Waals surface area (Å²) in [6, 6.07) is -0.913. The van der Waals surface area contributed by atoms with E-state index in [2.05, 4.69) is 10.6 Å². The quantitative estimate of drug-likeness (QED) is 0.0857. The highest BCUT2D eigenvalue weighted by atomic mass is 16.3. The molecule has 5 aliphatic heterocycles. The third kappa shape index (κ3) is 9.84. The van der Waals surface area contributed by atoms with Crippen LogP contribution in [0.2, 0.25) is 0 Å². The van der Waals surface area contributed by atoms with Crippen LogP contribution >= 0.6 is 0 Å². The Hall–Kier alpha value is -5.72. The Morgan fingerprint density at radius 1 is 0.731 bits per heavy atom. The number of nitrogens with one attached hydrogen (secondary N) is 2. The van der Waals surface area contributed by atoms with E-state index in [1.54, 1.807) is 6.92 Å². The van der Waals surface area contributed by atoms with Crippen molar-refractivity contribution in [3.05, 3.63) is 34.3 Å². The van der Waals surface area contributed by atoms with E-state index in [4.69, 9.17) is 49.4 Å². The van der Waals surface area contributed by atoms with Gasteiger partial charge in [-0.15, -0.1) is 0 Å². The number of rotatable bonds is 20. The molecule has 5 heterocycles. The van der Waals surface area contributed by atoms with Gasteiger partial charge in [-0.05, 0) is 70.6 Å². The summed E-state index contributed by atoms with van der Waals surface area (Å²) in [4.78, 5) is 108. The molecule has 3 unspecified atom stereocenters. The van der Waals surface area contributed by atoms with E-state index < -0.39 is 98.5 Å². The lowest BCUT2D eigenvalue weighted by Gasteiger charge is -2.48. The first-order valence-electron chi connectivity index (χ1n) is 23.3. The molecule has 10 atom stereocenters. The molecule has 0 aromatic heterocycles. The van der Waals surface area contributed by atoms with Crippen molar-refractivity contribution in [3.8, 4) is 0 Å². The molecule has 0 aromatic carbocycles. The van der Waals surface area contributed by atoms with E-state index in [9.17, 15) is 38.7 Å². The number of amides is 7. The molecule has 19 heteroatoms. The number of allylic oxidation sites excluding steroid dienone is 6. The molecule has 67 heavy (non-hydrogen) atoms. The van der Waals surface area contributed by atoms with Gasteiger partial charge in [0.05, 0.1) is 17.7 Å². The molecule has 1 saturated heterocycles. The fourth-order valence-corrected chi connectivity index (χ4v) is 12.3. The lowest BCUT2D eigenvalue weighted by atomic mass is 9.55. The van der Waals surface area contributed by atoms with Crippen LogP contribution in [0.15, 0.2) is 49.3 Å². The molecule has 5 rings (SSSR count). The molecule has 5 aliphatic rings. The second-order valence-corrected chi connectivity index (χ2v) is 21.2. The number of fused-ring (bicyclic) bond motifs is 6. The Balaban J connectivity index is 2.00. The molecule has 0 aliphatic carbocycles. The lowest BCUT2D eigenvalue weighted by Crippen LogP contribution is -2.56. The summed E-state index contributed by atoms with van der Waals surface area (Å²) in [5.74, 6) is -6.25. The van der Waals surface area contributed by atoms with Gasteiger partial charge < -0.3 is 50.1 Å². The summed E-state index contributed by atoms with van der Waals surface area (Å²) in [7, 11) is 0. The van der Waals surface area contributed by atoms with Gasteiger partial charge in [-0.1, -0.05) is 34.6 Å². The van der Waals surface area contributed by atoms with Gasteiger partial charge in [-0.2, -0.15) is 0 Å². The lowest BCUT2D eigenvalue weighted by molar-refractivity contribution is -0.124. The van der Waals surface area contributed by atoms with Gasteiger partial charge in [-0.25, -0.2) is 0 Å². The predicted octanol–water partition coefficient (Wildman–Crippen LogP) is 1.74. The summed E-state index contributed by atoms with van der Waals surface area (Å²) in [5, 5.41) is 16.4. The zero-order chi connectivity index (χ0) is 50.4. The van der Waals surface area contributed by atoms with E-state index in [1.807, 2.05) is 61.5 Å². The molecule has 8 bridgehead atoms. The zero-order valence-corrected chi connectivity index (χ0v) is 40.6. The zero-order valence-electron chi connectivity index (χ0n) is 40.6. The maximum absolute atomic E-state index is 13.5. The molecule has 368 valence electrons. The molecule has 19 nitrogen and oxygen atoms in total. The number of aliphatic imine (C=N–C) groups is 3. The smallest absolute Gasteiger partial charge is 0.220 e. The average Bonchev–Trinajstić information content (AvgIpc) is 3.80. The highest BCUT2D eigenvalue weighted by Crippen LogP contribution is 2.62. The van der Waals surface area contributed by atoms with Crippen LogP contribution in [0.25, 0.3) is 0 Å². The van der Waals surface area contributed by atoms with Gasteiger partial charge in [0.15, 0.2) is 0 Å². The fraction of sp³-hybridized carbons (Fsp3) is 0.667. The number of aliphatic hydroxyl groups excluding tert-OH is 1. The largest absolute Gasteiger partial charge is 0.392 e. The molecule has 0 spiro atoms. The number of aliphatic hydroxyl groups is 1. The first-order valence-corrected chi connectivity index (χ1v) is 23.3. The minimum absolute atomic E-state index is 0.0237. The topological polar surface area (TPSA) is 357 Å². The van der Waals surface area contributed by atoms with Crippen LogP contribution in [0, 0.1) is 45.3 Å². The summed E-state index contributed by atoms with van der Waals surface area (Å²) in [6.45, 7) is 16.9. The van der Waals surface area contributed by atoms with Crippen molar-refractivity contribution < 1.29 is 38.7 Å². The van der Waals surface area contributed by atoms with E-state index in [-0.39, 0.29) is 76.7 Å². The van der Waals surface area contributed by atoms with Crippen molar-refractivity contribution in [1.29, 1.82) is 0 Å². The van der Waals surface area contributed by atoms with Crippen LogP contribution in [-0.2, 0) is 33.6 Å². The van der Waals surface area contributed by atoms with E-state index in [0.717, 1.165) is 0 Å². The van der Waals surface area contributed by atoms with Crippen molar-refractivity contribution in [1.82, 2.24) is 10.6 Å². The summed E-state index contributed by atoms with van der Waals surface area (Å²) >= 11 is 0. The molecule has 1 fully saturated rings. The third-order valence-corrected chi connectivity index (χ3v) is 16.1. The Bertz CT molecular complexity index is 2310. The minimum Gasteiger partial charge on any atom is -0.392 e. The van der Waals surface area contributed by atoms with Crippen molar-refractivity contribution in [2.45, 2.75) is 151 Å². The van der Waals surface area contributed by atoms with E-state index in [0.29, 0.717) is 51.8 Å². The summed E-state index contributed by atoms with van der Waals surface area (Å²) in [6.07, 6.45) is 1.23. The molecular weight excluding hydrogens is 859 g/mol. The highest BCUT2D eigenvalue weighted by Gasteiger charge is 2.66. The maximum Gasteiger partial charge on any atom is 0.220 e. The molecule has 0 aromatic rings. The van der Waals surface area contributed by atoms with Gasteiger partial charge in [0, 0.05) is 131 Å². The normalized spacial score (nSPS) is 33.3. The second kappa shape index (κ2) is 19.1. The van der Waals surface area contributed by atoms with Crippen LogP contribution in [0.5, 0.6) is 0 Å². The van der Waals surface area contributed by atoms with Crippen molar-refractivity contribution >= 4 is 58.5 Å². The van der Waals surface area contributed by atoms with Crippen LogP contribution in [-0.4, -0.2) is 87.8 Å². The molecule has 0 saturated carbocycles. The minimum atomic E-state index is -1.39. The Labute approximate surface area is 393 Å². The SMILES string of the molecule is CC1=C2N=C(C=C3N/C(=C(/C)C4=N[C@@](C)(C5N=C1[C@](C)(CCC(=O)NCC(C)O)C5CC(N)=O)[C@@](C)(CC(N)=O)[C@@H]4CCC(N)=O)[C@@](C)(CC(N)=O)[C@@H]3CCC(N)=O)C(C)(C)[C@@H]2CCC(N)=O. The summed E-state index contributed by atoms with van der Waals surface area (Å²) in [5.41, 5.74) is 34.9. The van der Waals surface area contributed by atoms with Crippen molar-refractivity contribution in [2.24, 2.45) is 94.7 Å². The maximum atomic E-state index is 13.5. The molecule has 0 radical (unpaired) electrons. The van der Waals surface area contributed by atoms with Crippen LogP contribution < -0.4 is 45.0 Å². The summed E-state index contributed by atoms with van der Waals surface area (Å²) < 4.78 is 0. The van der Waals surface area contributed by atoms with Gasteiger partial charge in [0.1, 0.15) is 0 Å². The first-order chi connectivity index (χ1) is 30.9. The van der Waals surface area contributed by atoms with Crippen molar-refractivity contribution in [3.63, 3.8) is 0 Å². The second-order valence-electron chi connectivity index (χ2n) is 21.2. The number of nitrogens with two attached hydrogens (primary N) is 6. The molecule has 7 amide bonds. The van der Waals surface area contributed by atoms with Crippen LogP contribution in [0.4, 0.5) is 0 Å². The number of nitrogens with zero attached hydrogens (tertiary/aromatic N) is 3. The first kappa shape index (κ1) is 52.3. The van der Waals surface area contributed by atoms with E-state index >= 15 is 0 Å². The van der Waals surface area contributed by atoms with Gasteiger partial charge in [0.2, 0.25) is 41.4 Å². The average molecular weight is 932 g/mol. The number of primary amides is 6. The Kier molecular flexibility index (Phi) is 14.9. The van der Waals surface area contributed by atoms with Gasteiger partial charge in [-0.3, -0.25) is 48.5 Å². The van der Waals surface area contributed by atoms with Crippen LogP contribution in [0.1, 0.15) is 133 Å². The standard InChI is InChI=1S/C48H73N11O8/c1-23(60)22-55-38(67)16-17-45(6)29(18-35(52)64)43-48(9)47(8,21-37(54)66)28(12-15-34(51)63)40(59-48)25(3)42-46(7,20-36(53)65)26(10-13-32(49)61)30(56-42)19-31-44(4,5)27(11-14-33(50)62)39(57-31)24(2)41(45)58-43/h19,23,26-29,43,56,60H,10-18,20-22H2,1-9H3,(H2,49,61)(H2,50,62)(H2,51,63)(H2,52,64)(H2,53,65)(H2,54,66)(H,55,67)/b30-19?,39-24?,42-25-/t23?,26-,27-,28-,29?,43?,45-,46+,47+,48+/m1/s1. The molecule has 15 N–H and O–H groups in total.